The average molecular weight is 334 g/mol. The van der Waals surface area contributed by atoms with Gasteiger partial charge in [-0.3, -0.25) is 4.90 Å². The maximum atomic E-state index is 13.8. The van der Waals surface area contributed by atoms with Crippen LogP contribution >= 0.6 is 11.6 Å². The van der Waals surface area contributed by atoms with Crippen LogP contribution in [0.1, 0.15) is 23.5 Å². The molecule has 1 N–H and O–H groups in total. The maximum absolute atomic E-state index is 13.8. The van der Waals surface area contributed by atoms with Crippen molar-refractivity contribution >= 4 is 11.6 Å². The molecule has 1 aliphatic rings. The van der Waals surface area contributed by atoms with Gasteiger partial charge in [0.1, 0.15) is 5.82 Å². The van der Waals surface area contributed by atoms with Crippen molar-refractivity contribution in [3.05, 3.63) is 70.5 Å². The second-order valence-corrected chi connectivity index (χ2v) is 6.64. The van der Waals surface area contributed by atoms with Crippen LogP contribution in [0.5, 0.6) is 0 Å². The van der Waals surface area contributed by atoms with Gasteiger partial charge in [0.25, 0.3) is 0 Å². The zero-order chi connectivity index (χ0) is 16.2. The summed E-state index contributed by atoms with van der Waals surface area (Å²) in [4.78, 5) is 2.38. The van der Waals surface area contributed by atoms with E-state index in [9.17, 15) is 9.50 Å². The number of benzene rings is 2. The third-order valence-corrected chi connectivity index (χ3v) is 4.94. The highest BCUT2D eigenvalue weighted by Gasteiger charge is 2.33. The topological polar surface area (TPSA) is 23.5 Å². The Morgan fingerprint density at radius 2 is 1.91 bits per heavy atom. The lowest BCUT2D eigenvalue weighted by molar-refractivity contribution is 0.246. The number of hydrogen-bond acceptors (Lipinski definition) is 2. The summed E-state index contributed by atoms with van der Waals surface area (Å²) in [5.41, 5.74) is 2.25. The summed E-state index contributed by atoms with van der Waals surface area (Å²) in [7, 11) is 0. The molecule has 1 aliphatic heterocycles. The third kappa shape index (κ3) is 3.92. The van der Waals surface area contributed by atoms with Crippen molar-refractivity contribution in [3.8, 4) is 0 Å². The normalized spacial score (nSPS) is 21.7. The first kappa shape index (κ1) is 16.4. The van der Waals surface area contributed by atoms with E-state index in [4.69, 9.17) is 11.6 Å². The van der Waals surface area contributed by atoms with E-state index in [1.807, 2.05) is 24.3 Å². The fourth-order valence-electron chi connectivity index (χ4n) is 3.51. The van der Waals surface area contributed by atoms with E-state index in [0.717, 1.165) is 31.6 Å². The van der Waals surface area contributed by atoms with E-state index < -0.39 is 0 Å². The Labute approximate surface area is 141 Å². The molecule has 1 unspecified atom stereocenters. The molecule has 2 nitrogen and oxygen atoms in total. The van der Waals surface area contributed by atoms with E-state index >= 15 is 0 Å². The maximum Gasteiger partial charge on any atom is 0.142 e. The van der Waals surface area contributed by atoms with Crippen LogP contribution in [0.2, 0.25) is 5.02 Å². The highest BCUT2D eigenvalue weighted by Crippen LogP contribution is 2.36. The van der Waals surface area contributed by atoms with Crippen LogP contribution in [-0.4, -0.2) is 29.7 Å². The number of rotatable bonds is 5. The molecule has 0 saturated carbocycles. The lowest BCUT2D eigenvalue weighted by Gasteiger charge is -2.18. The Bertz CT molecular complexity index is 649. The number of nitrogens with zero attached hydrogens (tertiary/aromatic N) is 1. The molecule has 0 bridgehead atoms. The van der Waals surface area contributed by atoms with Crippen LogP contribution in [0.25, 0.3) is 0 Å². The van der Waals surface area contributed by atoms with Crippen LogP contribution < -0.4 is 0 Å². The van der Waals surface area contributed by atoms with Gasteiger partial charge in [0.05, 0.1) is 5.02 Å². The number of hydrogen-bond donors (Lipinski definition) is 1. The first-order valence-corrected chi connectivity index (χ1v) is 8.37. The molecule has 2 aromatic rings. The third-order valence-electron chi connectivity index (χ3n) is 4.64. The van der Waals surface area contributed by atoms with Gasteiger partial charge in [0.15, 0.2) is 0 Å². The minimum Gasteiger partial charge on any atom is -0.396 e. The SMILES string of the molecule is OCCC1CN(Cc2ccccc2)C[C@H]1c1ccc(Cl)c(F)c1. The second-order valence-electron chi connectivity index (χ2n) is 6.23. The molecule has 0 aliphatic carbocycles. The summed E-state index contributed by atoms with van der Waals surface area (Å²) >= 11 is 5.80. The Morgan fingerprint density at radius 1 is 1.13 bits per heavy atom. The lowest BCUT2D eigenvalue weighted by atomic mass is 9.87. The van der Waals surface area contributed by atoms with Crippen LogP contribution in [0.3, 0.4) is 0 Å². The van der Waals surface area contributed by atoms with Gasteiger partial charge in [-0.15, -0.1) is 0 Å². The number of halogens is 2. The zero-order valence-corrected chi connectivity index (χ0v) is 13.7. The van der Waals surface area contributed by atoms with E-state index in [1.54, 1.807) is 12.1 Å². The largest absolute Gasteiger partial charge is 0.396 e. The fraction of sp³-hybridized carbons (Fsp3) is 0.368. The molecular weight excluding hydrogens is 313 g/mol. The molecular formula is C19H21ClFNO. The fourth-order valence-corrected chi connectivity index (χ4v) is 3.63. The van der Waals surface area contributed by atoms with Crippen molar-refractivity contribution < 1.29 is 9.50 Å². The quantitative estimate of drug-likeness (QED) is 0.891. The molecule has 0 radical (unpaired) electrons. The van der Waals surface area contributed by atoms with Crippen molar-refractivity contribution in [3.63, 3.8) is 0 Å². The number of aliphatic hydroxyl groups is 1. The molecule has 23 heavy (non-hydrogen) atoms. The average Bonchev–Trinajstić information content (AvgIpc) is 2.94. The van der Waals surface area contributed by atoms with E-state index in [2.05, 4.69) is 17.0 Å². The monoisotopic (exact) mass is 333 g/mol. The molecule has 122 valence electrons. The van der Waals surface area contributed by atoms with Crippen molar-refractivity contribution in [1.29, 1.82) is 0 Å². The van der Waals surface area contributed by atoms with Crippen molar-refractivity contribution in [2.24, 2.45) is 5.92 Å². The summed E-state index contributed by atoms with van der Waals surface area (Å²) < 4.78 is 13.8. The minimum atomic E-state index is -0.367. The first-order valence-electron chi connectivity index (χ1n) is 7.99. The smallest absolute Gasteiger partial charge is 0.142 e. The molecule has 4 heteroatoms. The molecule has 2 atom stereocenters. The highest BCUT2D eigenvalue weighted by molar-refractivity contribution is 6.30. The van der Waals surface area contributed by atoms with Crippen LogP contribution in [0.4, 0.5) is 4.39 Å². The molecule has 1 saturated heterocycles. The standard InChI is InChI=1S/C19H21ClFNO/c20-18-7-6-15(10-19(18)21)17-13-22(12-16(17)8-9-23)11-14-4-2-1-3-5-14/h1-7,10,16-17,23H,8-9,11-13H2/t16?,17-/m0/s1. The summed E-state index contributed by atoms with van der Waals surface area (Å²) in [6.07, 6.45) is 0.736. The van der Waals surface area contributed by atoms with Gasteiger partial charge in [-0.1, -0.05) is 48.0 Å². The summed E-state index contributed by atoms with van der Waals surface area (Å²) in [5, 5.41) is 9.51. The molecule has 2 aromatic carbocycles. The molecule has 0 amide bonds. The van der Waals surface area contributed by atoms with Crippen molar-refractivity contribution in [2.45, 2.75) is 18.9 Å². The first-order chi connectivity index (χ1) is 11.2. The summed E-state index contributed by atoms with van der Waals surface area (Å²) in [5.74, 6) is 0.204. The van der Waals surface area contributed by atoms with Gasteiger partial charge in [0.2, 0.25) is 0 Å². The van der Waals surface area contributed by atoms with Crippen LogP contribution in [-0.2, 0) is 6.54 Å². The second kappa shape index (κ2) is 7.43. The molecule has 1 fully saturated rings. The van der Waals surface area contributed by atoms with Crippen LogP contribution in [0, 0.1) is 11.7 Å². The Morgan fingerprint density at radius 3 is 2.61 bits per heavy atom. The minimum absolute atomic E-state index is 0.159. The van der Waals surface area contributed by atoms with E-state index in [1.165, 1.54) is 5.56 Å². The van der Waals surface area contributed by atoms with E-state index in [0.29, 0.717) is 5.92 Å². The molecule has 3 rings (SSSR count). The highest BCUT2D eigenvalue weighted by atomic mass is 35.5. The Balaban J connectivity index is 1.76. The Hall–Kier alpha value is -1.42. The van der Waals surface area contributed by atoms with Gasteiger partial charge in [0, 0.05) is 32.2 Å². The molecule has 0 spiro atoms. The molecule has 1 heterocycles. The zero-order valence-electron chi connectivity index (χ0n) is 13.0. The lowest BCUT2D eigenvalue weighted by Crippen LogP contribution is -2.20. The van der Waals surface area contributed by atoms with Crippen molar-refractivity contribution in [2.75, 3.05) is 19.7 Å². The van der Waals surface area contributed by atoms with E-state index in [-0.39, 0.29) is 23.4 Å². The Kier molecular flexibility index (Phi) is 5.31. The van der Waals surface area contributed by atoms with Gasteiger partial charge in [-0.25, -0.2) is 4.39 Å². The predicted molar refractivity (Wildman–Crippen MR) is 91.1 cm³/mol. The van der Waals surface area contributed by atoms with Gasteiger partial charge >= 0.3 is 0 Å². The van der Waals surface area contributed by atoms with Crippen molar-refractivity contribution in [1.82, 2.24) is 4.90 Å². The molecule has 0 aromatic heterocycles. The predicted octanol–water partition coefficient (Wildman–Crippen LogP) is 4.08. The van der Waals surface area contributed by atoms with Crippen LogP contribution in [0.15, 0.2) is 48.5 Å². The van der Waals surface area contributed by atoms with Gasteiger partial charge in [-0.2, -0.15) is 0 Å². The van der Waals surface area contributed by atoms with Gasteiger partial charge in [-0.05, 0) is 35.6 Å². The summed E-state index contributed by atoms with van der Waals surface area (Å²) in [6.45, 7) is 2.84. The van der Waals surface area contributed by atoms with Gasteiger partial charge < -0.3 is 5.11 Å². The summed E-state index contributed by atoms with van der Waals surface area (Å²) in [6, 6.07) is 15.4. The number of likely N-dealkylation sites (tertiary alicyclic amines) is 1. The number of aliphatic hydroxyl groups excluding tert-OH is 1.